The van der Waals surface area contributed by atoms with Crippen molar-refractivity contribution in [2.24, 2.45) is 12.8 Å². The summed E-state index contributed by atoms with van der Waals surface area (Å²) < 4.78 is 1.65. The van der Waals surface area contributed by atoms with E-state index < -0.39 is 17.5 Å². The minimum Gasteiger partial charge on any atom is -0.336 e. The van der Waals surface area contributed by atoms with E-state index in [0.717, 1.165) is 0 Å². The Hall–Kier alpha value is -1.89. The van der Waals surface area contributed by atoms with E-state index in [1.54, 1.807) is 24.0 Å². The van der Waals surface area contributed by atoms with Gasteiger partial charge < -0.3 is 15.6 Å². The Balaban J connectivity index is 0.00000128. The molecule has 1 saturated heterocycles. The van der Waals surface area contributed by atoms with Gasteiger partial charge in [0.15, 0.2) is 5.54 Å². The first-order valence-electron chi connectivity index (χ1n) is 4.41. The molecule has 1 aromatic rings. The summed E-state index contributed by atoms with van der Waals surface area (Å²) in [6.45, 7) is -0.0323. The monoisotopic (exact) mass is 210 g/mol. The van der Waals surface area contributed by atoms with Gasteiger partial charge in [0, 0.05) is 27.4 Å². The Kier molecular flexibility index (Phi) is 1.97. The maximum absolute atomic E-state index is 11.7. The predicted molar refractivity (Wildman–Crippen MR) is 51.7 cm³/mol. The van der Waals surface area contributed by atoms with E-state index in [1.807, 2.05) is 0 Å². The van der Waals surface area contributed by atoms with E-state index in [-0.39, 0.29) is 7.97 Å². The van der Waals surface area contributed by atoms with Gasteiger partial charge in [0.2, 0.25) is 0 Å². The van der Waals surface area contributed by atoms with Crippen molar-refractivity contribution in [1.82, 2.24) is 20.2 Å². The summed E-state index contributed by atoms with van der Waals surface area (Å²) in [6, 6.07) is -0.548. The second kappa shape index (κ2) is 3.06. The molecule has 7 heteroatoms. The molecule has 1 atom stereocenters. The average molecular weight is 210 g/mol. The molecule has 1 aliphatic heterocycles. The minimum atomic E-state index is -1.24. The van der Waals surface area contributed by atoms with Crippen molar-refractivity contribution in [1.29, 1.82) is 0 Å². The van der Waals surface area contributed by atoms with Crippen LogP contribution >= 0.6 is 0 Å². The molecule has 1 aliphatic rings. The van der Waals surface area contributed by atoms with Gasteiger partial charge in [-0.15, -0.1) is 0 Å². The van der Waals surface area contributed by atoms with Crippen molar-refractivity contribution in [3.8, 4) is 0 Å². The summed E-state index contributed by atoms with van der Waals surface area (Å²) in [4.78, 5) is 26.8. The largest absolute Gasteiger partial charge is 0.336 e. The summed E-state index contributed by atoms with van der Waals surface area (Å²) >= 11 is 0. The molecule has 15 heavy (non-hydrogen) atoms. The number of imidazole rings is 1. The highest BCUT2D eigenvalue weighted by Gasteiger charge is 2.49. The van der Waals surface area contributed by atoms with Crippen LogP contribution in [0.5, 0.6) is 0 Å². The van der Waals surface area contributed by atoms with Gasteiger partial charge in [0.25, 0.3) is 5.91 Å². The second-order valence-electron chi connectivity index (χ2n) is 3.38. The van der Waals surface area contributed by atoms with Crippen LogP contribution in [0.1, 0.15) is 7.25 Å². The van der Waals surface area contributed by atoms with Crippen LogP contribution in [0, 0.1) is 0 Å². The van der Waals surface area contributed by atoms with Crippen LogP contribution in [0.4, 0.5) is 4.79 Å². The molecular weight excluding hydrogens is 198 g/mol. The molecule has 0 aliphatic carbocycles. The number of hydrogen-bond donors (Lipinski definition) is 3. The number of carbonyl (C=O) groups excluding carboxylic acids is 2. The van der Waals surface area contributed by atoms with Crippen LogP contribution in [0.2, 0.25) is 0 Å². The highest BCUT2D eigenvalue weighted by atomic mass is 16.2. The number of urea groups is 1. The van der Waals surface area contributed by atoms with Crippen molar-refractivity contribution >= 4 is 11.9 Å². The Morgan fingerprint density at radius 2 is 2.40 bits per heavy atom. The van der Waals surface area contributed by atoms with Crippen molar-refractivity contribution < 1.29 is 11.0 Å². The fourth-order valence-electron chi connectivity index (χ4n) is 1.66. The van der Waals surface area contributed by atoms with Crippen LogP contribution in [0.15, 0.2) is 12.4 Å². The molecule has 0 saturated carbocycles. The Morgan fingerprint density at radius 3 is 2.80 bits per heavy atom. The summed E-state index contributed by atoms with van der Waals surface area (Å²) in [7, 11) is 1.73. The number of aromatic nitrogens is 2. The lowest BCUT2D eigenvalue weighted by molar-refractivity contribution is -0.124. The van der Waals surface area contributed by atoms with Crippen molar-refractivity contribution in [3.05, 3.63) is 18.2 Å². The van der Waals surface area contributed by atoms with Gasteiger partial charge in [0.05, 0.1) is 0 Å². The predicted octanol–water partition coefficient (Wildman–Crippen LogP) is -1.47. The zero-order chi connectivity index (χ0) is 11.1. The van der Waals surface area contributed by atoms with Gasteiger partial charge in [-0.3, -0.25) is 10.1 Å². The SMILES string of the molecule is Cn1ccnc1C1(CN)NC(=O)NC1=O.[H]. The quantitative estimate of drug-likeness (QED) is 0.518. The number of nitrogens with two attached hydrogens (primary N) is 1. The number of amides is 3. The van der Waals surface area contributed by atoms with Crippen molar-refractivity contribution in [2.75, 3.05) is 6.54 Å². The number of rotatable bonds is 2. The number of carbonyl (C=O) groups is 2. The molecule has 4 N–H and O–H groups in total. The van der Waals surface area contributed by atoms with E-state index in [9.17, 15) is 9.59 Å². The lowest BCUT2D eigenvalue weighted by Crippen LogP contribution is -2.51. The molecule has 1 radical (unpaired) electrons. The van der Waals surface area contributed by atoms with Crippen LogP contribution in [0.25, 0.3) is 0 Å². The van der Waals surface area contributed by atoms with E-state index in [4.69, 9.17) is 5.73 Å². The molecule has 2 heterocycles. The van der Waals surface area contributed by atoms with E-state index in [1.165, 1.54) is 0 Å². The maximum atomic E-state index is 11.7. The lowest BCUT2D eigenvalue weighted by Gasteiger charge is -2.23. The van der Waals surface area contributed by atoms with Gasteiger partial charge in [-0.1, -0.05) is 0 Å². The van der Waals surface area contributed by atoms with E-state index >= 15 is 0 Å². The molecule has 81 valence electrons. The standard InChI is InChI=1S/C8H11N5O2.H/c1-13-3-2-10-5(13)8(4-9)6(14)11-7(15)12-8;/h2-3H,4,9H2,1H3,(H2,11,12,14,15);. The third kappa shape index (κ3) is 1.20. The number of aryl methyl sites for hydroxylation is 1. The highest BCUT2D eigenvalue weighted by Crippen LogP contribution is 2.21. The van der Waals surface area contributed by atoms with Gasteiger partial charge >= 0.3 is 6.03 Å². The Labute approximate surface area is 87.1 Å². The molecule has 3 amide bonds. The second-order valence-corrected chi connectivity index (χ2v) is 3.38. The number of nitrogens with zero attached hydrogens (tertiary/aromatic N) is 2. The summed E-state index contributed by atoms with van der Waals surface area (Å²) in [6.07, 6.45) is 3.23. The summed E-state index contributed by atoms with van der Waals surface area (Å²) in [5.74, 6) is -0.0438. The topological polar surface area (TPSA) is 102 Å². The summed E-state index contributed by atoms with van der Waals surface area (Å²) in [5.41, 5.74) is 4.31. The molecule has 7 nitrogen and oxygen atoms in total. The minimum absolute atomic E-state index is 0. The zero-order valence-corrected chi connectivity index (χ0v) is 8.15. The number of imide groups is 1. The van der Waals surface area contributed by atoms with Gasteiger partial charge in [-0.25, -0.2) is 9.78 Å². The van der Waals surface area contributed by atoms with Crippen molar-refractivity contribution in [3.63, 3.8) is 0 Å². The summed E-state index contributed by atoms with van der Waals surface area (Å²) in [5, 5.41) is 4.65. The molecule has 1 unspecified atom stereocenters. The maximum Gasteiger partial charge on any atom is 0.322 e. The Bertz CT molecular complexity index is 432. The molecule has 0 aromatic carbocycles. The van der Waals surface area contributed by atoms with Gasteiger partial charge in [-0.2, -0.15) is 0 Å². The normalized spacial score (nSPS) is 25.2. The third-order valence-electron chi connectivity index (χ3n) is 2.45. The average Bonchev–Trinajstić information content (AvgIpc) is 2.71. The first-order valence-corrected chi connectivity index (χ1v) is 4.41. The molecule has 0 bridgehead atoms. The Morgan fingerprint density at radius 1 is 1.67 bits per heavy atom. The van der Waals surface area contributed by atoms with Gasteiger partial charge in [0.1, 0.15) is 5.82 Å². The van der Waals surface area contributed by atoms with Crippen LogP contribution in [-0.4, -0.2) is 28.0 Å². The third-order valence-corrected chi connectivity index (χ3v) is 2.45. The van der Waals surface area contributed by atoms with Gasteiger partial charge in [-0.05, 0) is 0 Å². The number of nitrogens with one attached hydrogen (secondary N) is 2. The highest BCUT2D eigenvalue weighted by molar-refractivity contribution is 6.07. The van der Waals surface area contributed by atoms with Crippen LogP contribution in [-0.2, 0) is 17.4 Å². The fourth-order valence-corrected chi connectivity index (χ4v) is 1.66. The molecular formula is C8H12N5O2. The molecule has 1 fully saturated rings. The van der Waals surface area contributed by atoms with Crippen LogP contribution < -0.4 is 16.4 Å². The van der Waals surface area contributed by atoms with E-state index in [2.05, 4.69) is 15.6 Å². The molecule has 1 aromatic heterocycles. The van der Waals surface area contributed by atoms with Crippen LogP contribution in [0.3, 0.4) is 0 Å². The lowest BCUT2D eigenvalue weighted by atomic mass is 9.99. The fraction of sp³-hybridized carbons (Fsp3) is 0.375. The van der Waals surface area contributed by atoms with E-state index in [0.29, 0.717) is 5.82 Å². The smallest absolute Gasteiger partial charge is 0.322 e. The first-order chi connectivity index (χ1) is 7.10. The van der Waals surface area contributed by atoms with Crippen molar-refractivity contribution in [2.45, 2.75) is 5.54 Å². The molecule has 0 spiro atoms. The first kappa shape index (κ1) is 9.66. The molecule has 2 rings (SSSR count). The number of hydrogen-bond acceptors (Lipinski definition) is 4. The zero-order valence-electron chi connectivity index (χ0n) is 9.15.